The van der Waals surface area contributed by atoms with Crippen LogP contribution in [-0.2, 0) is 22.5 Å². The van der Waals surface area contributed by atoms with Crippen LogP contribution in [-0.4, -0.2) is 65.7 Å². The molecule has 2 aliphatic heterocycles. The van der Waals surface area contributed by atoms with E-state index in [-0.39, 0.29) is 18.0 Å². The first-order chi connectivity index (χ1) is 17.3. The zero-order valence-corrected chi connectivity index (χ0v) is 21.8. The van der Waals surface area contributed by atoms with Gasteiger partial charge in [0.2, 0.25) is 5.91 Å². The molecule has 1 fully saturated rings. The van der Waals surface area contributed by atoms with E-state index in [1.54, 1.807) is 6.92 Å². The smallest absolute Gasteiger partial charge is 0.319 e. The summed E-state index contributed by atoms with van der Waals surface area (Å²) in [6, 6.07) is 7.59. The molecular weight excluding hydrogens is 456 g/mol. The Kier molecular flexibility index (Phi) is 8.40. The third-order valence-electron chi connectivity index (χ3n) is 6.77. The van der Waals surface area contributed by atoms with Gasteiger partial charge < -0.3 is 25.2 Å². The van der Waals surface area contributed by atoms with Gasteiger partial charge in [0, 0.05) is 43.4 Å². The average Bonchev–Trinajstić information content (AvgIpc) is 2.86. The molecule has 1 aromatic carbocycles. The second-order valence-corrected chi connectivity index (χ2v) is 10.1. The number of fused-ring (bicyclic) bond motifs is 1. The molecule has 2 N–H and O–H groups in total. The Balaban J connectivity index is 1.54. The maximum absolute atomic E-state index is 12.2. The van der Waals surface area contributed by atoms with Gasteiger partial charge in [0.15, 0.2) is 5.82 Å². The third-order valence-corrected chi connectivity index (χ3v) is 6.77. The molecule has 0 radical (unpaired) electrons. The van der Waals surface area contributed by atoms with E-state index < -0.39 is 0 Å². The SMILES string of the molecule is CC(=O)N1CCc2c(nc(-c3ccc(NC(=O)NCCCC(C)C)cc3)nc2N2CCOCC2C)C1. The van der Waals surface area contributed by atoms with Crippen LogP contribution in [0.4, 0.5) is 16.3 Å². The summed E-state index contributed by atoms with van der Waals surface area (Å²) in [5, 5.41) is 5.79. The minimum absolute atomic E-state index is 0.0556. The quantitative estimate of drug-likeness (QED) is 0.568. The van der Waals surface area contributed by atoms with Crippen molar-refractivity contribution in [1.82, 2.24) is 20.2 Å². The molecule has 0 saturated carbocycles. The van der Waals surface area contributed by atoms with Crippen molar-refractivity contribution < 1.29 is 14.3 Å². The van der Waals surface area contributed by atoms with Gasteiger partial charge in [0.1, 0.15) is 5.82 Å². The average molecular weight is 495 g/mol. The van der Waals surface area contributed by atoms with Gasteiger partial charge in [-0.3, -0.25) is 4.79 Å². The molecule has 4 rings (SSSR count). The second kappa shape index (κ2) is 11.7. The monoisotopic (exact) mass is 494 g/mol. The molecule has 194 valence electrons. The number of urea groups is 1. The number of aromatic nitrogens is 2. The van der Waals surface area contributed by atoms with Crippen molar-refractivity contribution in [2.75, 3.05) is 43.1 Å². The van der Waals surface area contributed by atoms with Gasteiger partial charge in [-0.1, -0.05) is 13.8 Å². The number of carbonyl (C=O) groups is 2. The number of hydrogen-bond acceptors (Lipinski definition) is 6. The van der Waals surface area contributed by atoms with Crippen LogP contribution < -0.4 is 15.5 Å². The van der Waals surface area contributed by atoms with Gasteiger partial charge in [-0.15, -0.1) is 0 Å². The van der Waals surface area contributed by atoms with E-state index in [9.17, 15) is 9.59 Å². The molecule has 1 saturated heterocycles. The van der Waals surface area contributed by atoms with Crippen LogP contribution in [0.25, 0.3) is 11.4 Å². The summed E-state index contributed by atoms with van der Waals surface area (Å²) in [5.41, 5.74) is 3.60. The number of hydrogen-bond donors (Lipinski definition) is 2. The molecule has 1 aromatic heterocycles. The van der Waals surface area contributed by atoms with Crippen LogP contribution in [0, 0.1) is 5.92 Å². The number of carbonyl (C=O) groups excluding carboxylic acids is 2. The first kappa shape index (κ1) is 25.9. The zero-order chi connectivity index (χ0) is 25.7. The number of ether oxygens (including phenoxy) is 1. The minimum atomic E-state index is -0.204. The Morgan fingerprint density at radius 2 is 1.94 bits per heavy atom. The van der Waals surface area contributed by atoms with E-state index in [4.69, 9.17) is 14.7 Å². The fraction of sp³-hybridized carbons (Fsp3) is 0.556. The van der Waals surface area contributed by atoms with Gasteiger partial charge >= 0.3 is 6.03 Å². The number of rotatable bonds is 7. The van der Waals surface area contributed by atoms with Crippen LogP contribution in [0.2, 0.25) is 0 Å². The zero-order valence-electron chi connectivity index (χ0n) is 21.8. The highest BCUT2D eigenvalue weighted by Gasteiger charge is 2.29. The maximum atomic E-state index is 12.2. The summed E-state index contributed by atoms with van der Waals surface area (Å²) in [6.07, 6.45) is 2.79. The highest BCUT2D eigenvalue weighted by atomic mass is 16.5. The van der Waals surface area contributed by atoms with Crippen LogP contribution in [0.15, 0.2) is 24.3 Å². The second-order valence-electron chi connectivity index (χ2n) is 10.1. The topological polar surface area (TPSA) is 99.7 Å². The highest BCUT2D eigenvalue weighted by Crippen LogP contribution is 2.31. The third kappa shape index (κ3) is 6.32. The van der Waals surface area contributed by atoms with E-state index >= 15 is 0 Å². The molecule has 3 amide bonds. The van der Waals surface area contributed by atoms with Crippen molar-refractivity contribution in [2.24, 2.45) is 5.92 Å². The van der Waals surface area contributed by atoms with Gasteiger partial charge in [-0.05, 0) is 56.4 Å². The van der Waals surface area contributed by atoms with Crippen molar-refractivity contribution in [2.45, 2.75) is 59.5 Å². The Bertz CT molecular complexity index is 1070. The molecule has 0 bridgehead atoms. The summed E-state index contributed by atoms with van der Waals surface area (Å²) < 4.78 is 5.65. The molecule has 2 aromatic rings. The fourth-order valence-electron chi connectivity index (χ4n) is 4.68. The number of morpholine rings is 1. The Hall–Kier alpha value is -3.20. The largest absolute Gasteiger partial charge is 0.377 e. The maximum Gasteiger partial charge on any atom is 0.319 e. The number of nitrogens with zero attached hydrogens (tertiary/aromatic N) is 4. The summed E-state index contributed by atoms with van der Waals surface area (Å²) in [4.78, 5) is 38.3. The van der Waals surface area contributed by atoms with E-state index in [0.717, 1.165) is 48.4 Å². The van der Waals surface area contributed by atoms with Crippen molar-refractivity contribution in [3.8, 4) is 11.4 Å². The predicted molar refractivity (Wildman–Crippen MR) is 141 cm³/mol. The lowest BCUT2D eigenvalue weighted by Gasteiger charge is -2.37. The van der Waals surface area contributed by atoms with E-state index in [1.165, 1.54) is 0 Å². The molecule has 0 aliphatic carbocycles. The normalized spacial score (nSPS) is 17.6. The van der Waals surface area contributed by atoms with Gasteiger partial charge in [0.25, 0.3) is 0 Å². The van der Waals surface area contributed by atoms with Crippen LogP contribution in [0.1, 0.15) is 51.8 Å². The Morgan fingerprint density at radius 1 is 1.17 bits per heavy atom. The number of nitrogens with one attached hydrogen (secondary N) is 2. The summed E-state index contributed by atoms with van der Waals surface area (Å²) in [6.45, 7) is 12.0. The molecule has 9 heteroatoms. The Labute approximate surface area is 213 Å². The summed E-state index contributed by atoms with van der Waals surface area (Å²) >= 11 is 0. The fourth-order valence-corrected chi connectivity index (χ4v) is 4.68. The lowest BCUT2D eigenvalue weighted by Crippen LogP contribution is -2.45. The van der Waals surface area contributed by atoms with Crippen LogP contribution >= 0.6 is 0 Å². The molecule has 1 atom stereocenters. The minimum Gasteiger partial charge on any atom is -0.377 e. The van der Waals surface area contributed by atoms with Crippen molar-refractivity contribution in [1.29, 1.82) is 0 Å². The molecular formula is C27H38N6O3. The molecule has 9 nitrogen and oxygen atoms in total. The van der Waals surface area contributed by atoms with Crippen molar-refractivity contribution in [3.05, 3.63) is 35.5 Å². The summed E-state index contributed by atoms with van der Waals surface area (Å²) in [5.74, 6) is 2.25. The van der Waals surface area contributed by atoms with E-state index in [0.29, 0.717) is 50.3 Å². The van der Waals surface area contributed by atoms with Gasteiger partial charge in [0.05, 0.1) is 31.5 Å². The van der Waals surface area contributed by atoms with Gasteiger partial charge in [-0.25, -0.2) is 14.8 Å². The molecule has 2 aliphatic rings. The first-order valence-corrected chi connectivity index (χ1v) is 13.0. The summed E-state index contributed by atoms with van der Waals surface area (Å²) in [7, 11) is 0. The van der Waals surface area contributed by atoms with Crippen LogP contribution in [0.5, 0.6) is 0 Å². The molecule has 36 heavy (non-hydrogen) atoms. The van der Waals surface area contributed by atoms with Crippen molar-refractivity contribution in [3.63, 3.8) is 0 Å². The molecule has 3 heterocycles. The standard InChI is InChI=1S/C27H38N6O3/c1-18(2)6-5-12-28-27(35)29-22-9-7-21(8-10-22)25-30-24-16-32(20(4)34)13-11-23(24)26(31-25)33-14-15-36-17-19(33)3/h7-10,18-19H,5-6,11-17H2,1-4H3,(H2,28,29,35). The van der Waals surface area contributed by atoms with Gasteiger partial charge in [-0.2, -0.15) is 0 Å². The first-order valence-electron chi connectivity index (χ1n) is 13.0. The lowest BCUT2D eigenvalue weighted by molar-refractivity contribution is -0.129. The number of benzene rings is 1. The molecule has 0 spiro atoms. The lowest BCUT2D eigenvalue weighted by atomic mass is 10.0. The van der Waals surface area contributed by atoms with E-state index in [1.807, 2.05) is 29.2 Å². The number of amides is 3. The Morgan fingerprint density at radius 3 is 2.64 bits per heavy atom. The highest BCUT2D eigenvalue weighted by molar-refractivity contribution is 5.89. The van der Waals surface area contributed by atoms with Crippen LogP contribution in [0.3, 0.4) is 0 Å². The van der Waals surface area contributed by atoms with E-state index in [2.05, 4.69) is 36.3 Å². The predicted octanol–water partition coefficient (Wildman–Crippen LogP) is 3.83. The molecule has 1 unspecified atom stereocenters. The number of anilines is 2. The van der Waals surface area contributed by atoms with Crippen molar-refractivity contribution >= 4 is 23.4 Å².